The van der Waals surface area contributed by atoms with Crippen LogP contribution in [0.3, 0.4) is 0 Å². The zero-order valence-electron chi connectivity index (χ0n) is 8.98. The predicted molar refractivity (Wildman–Crippen MR) is 74.0 cm³/mol. The highest BCUT2D eigenvalue weighted by Crippen LogP contribution is 2.24. The van der Waals surface area contributed by atoms with E-state index in [0.29, 0.717) is 9.90 Å². The van der Waals surface area contributed by atoms with Gasteiger partial charge in [-0.05, 0) is 42.1 Å². The molecule has 6 heteroatoms. The second kappa shape index (κ2) is 4.80. The van der Waals surface area contributed by atoms with Gasteiger partial charge in [-0.25, -0.2) is 8.42 Å². The Hall–Kier alpha value is -0.850. The van der Waals surface area contributed by atoms with Crippen LogP contribution in [0, 0.1) is 6.92 Å². The summed E-state index contributed by atoms with van der Waals surface area (Å²) in [4.78, 5) is 0. The lowest BCUT2D eigenvalue weighted by molar-refractivity contribution is 0.603. The quantitative estimate of drug-likeness (QED) is 0.933. The van der Waals surface area contributed by atoms with Crippen LogP contribution >= 0.6 is 27.3 Å². The van der Waals surface area contributed by atoms with E-state index >= 15 is 0 Å². The molecule has 0 atom stereocenters. The van der Waals surface area contributed by atoms with Crippen molar-refractivity contribution in [2.24, 2.45) is 0 Å². The smallest absolute Gasteiger partial charge is 0.271 e. The van der Waals surface area contributed by atoms with E-state index < -0.39 is 10.0 Å². The summed E-state index contributed by atoms with van der Waals surface area (Å²) in [6.45, 7) is 1.86. The van der Waals surface area contributed by atoms with E-state index in [-0.39, 0.29) is 0 Å². The van der Waals surface area contributed by atoms with Crippen LogP contribution in [0.15, 0.2) is 44.4 Å². The highest BCUT2D eigenvalue weighted by Gasteiger charge is 2.15. The minimum Gasteiger partial charge on any atom is -0.279 e. The summed E-state index contributed by atoms with van der Waals surface area (Å²) in [5, 5.41) is 1.74. The molecule has 0 aliphatic rings. The number of aryl methyl sites for hydroxylation is 1. The summed E-state index contributed by atoms with van der Waals surface area (Å²) in [6, 6.07) is 8.71. The molecule has 1 N–H and O–H groups in total. The van der Waals surface area contributed by atoms with E-state index in [4.69, 9.17) is 0 Å². The van der Waals surface area contributed by atoms with E-state index in [1.165, 1.54) is 11.3 Å². The van der Waals surface area contributed by atoms with E-state index in [2.05, 4.69) is 20.7 Å². The molecule has 1 aromatic heterocycles. The molecule has 0 radical (unpaired) electrons. The number of nitrogens with one attached hydrogen (secondary N) is 1. The second-order valence-electron chi connectivity index (χ2n) is 3.50. The number of hydrogen-bond acceptors (Lipinski definition) is 3. The first kappa shape index (κ1) is 12.6. The number of anilines is 1. The molecule has 0 bridgehead atoms. The fourth-order valence-corrected chi connectivity index (χ4v) is 3.95. The zero-order chi connectivity index (χ0) is 12.5. The Balaban J connectivity index is 2.33. The van der Waals surface area contributed by atoms with Gasteiger partial charge in [0.25, 0.3) is 10.0 Å². The topological polar surface area (TPSA) is 46.2 Å². The maximum atomic E-state index is 12.0. The normalized spacial score (nSPS) is 11.4. The molecule has 1 aromatic carbocycles. The average molecular weight is 332 g/mol. The van der Waals surface area contributed by atoms with E-state index in [1.807, 2.05) is 13.0 Å². The van der Waals surface area contributed by atoms with Gasteiger partial charge in [0, 0.05) is 4.47 Å². The largest absolute Gasteiger partial charge is 0.279 e. The zero-order valence-corrected chi connectivity index (χ0v) is 12.2. The van der Waals surface area contributed by atoms with Crippen molar-refractivity contribution in [3.05, 3.63) is 45.7 Å². The lowest BCUT2D eigenvalue weighted by Crippen LogP contribution is -2.12. The first-order chi connectivity index (χ1) is 7.99. The van der Waals surface area contributed by atoms with Crippen LogP contribution in [0.4, 0.5) is 5.69 Å². The molecule has 0 amide bonds. The van der Waals surface area contributed by atoms with Gasteiger partial charge in [0.1, 0.15) is 4.21 Å². The highest BCUT2D eigenvalue weighted by atomic mass is 79.9. The Morgan fingerprint density at radius 1 is 1.29 bits per heavy atom. The molecular formula is C11H10BrNO2S2. The number of rotatable bonds is 3. The molecule has 0 fully saturated rings. The van der Waals surface area contributed by atoms with Gasteiger partial charge in [0.05, 0.1) is 5.69 Å². The molecule has 0 spiro atoms. The second-order valence-corrected chi connectivity index (χ2v) is 7.27. The molecule has 0 aliphatic heterocycles. The monoisotopic (exact) mass is 331 g/mol. The van der Waals surface area contributed by atoms with Gasteiger partial charge in [0.15, 0.2) is 0 Å². The van der Waals surface area contributed by atoms with Crippen molar-refractivity contribution in [2.75, 3.05) is 4.72 Å². The fraction of sp³-hybridized carbons (Fsp3) is 0.0909. The lowest BCUT2D eigenvalue weighted by atomic mass is 10.2. The third kappa shape index (κ3) is 2.88. The van der Waals surface area contributed by atoms with Crippen molar-refractivity contribution < 1.29 is 8.42 Å². The van der Waals surface area contributed by atoms with Crippen LogP contribution in [0.2, 0.25) is 0 Å². The van der Waals surface area contributed by atoms with Crippen molar-refractivity contribution in [1.29, 1.82) is 0 Å². The first-order valence-electron chi connectivity index (χ1n) is 4.81. The molecular weight excluding hydrogens is 322 g/mol. The molecule has 2 aromatic rings. The van der Waals surface area contributed by atoms with Gasteiger partial charge >= 0.3 is 0 Å². The molecule has 90 valence electrons. The van der Waals surface area contributed by atoms with Crippen molar-refractivity contribution in [1.82, 2.24) is 0 Å². The summed E-state index contributed by atoms with van der Waals surface area (Å²) >= 11 is 4.54. The van der Waals surface area contributed by atoms with Gasteiger partial charge in [-0.2, -0.15) is 0 Å². The van der Waals surface area contributed by atoms with Crippen LogP contribution in [-0.2, 0) is 10.0 Å². The SMILES string of the molecule is Cc1cc(Br)ccc1NS(=O)(=O)c1cccs1. The minimum atomic E-state index is -3.45. The number of benzene rings is 1. The first-order valence-corrected chi connectivity index (χ1v) is 7.97. The Bertz CT molecular complexity index is 621. The van der Waals surface area contributed by atoms with Gasteiger partial charge in [-0.15, -0.1) is 11.3 Å². The Morgan fingerprint density at radius 2 is 2.06 bits per heavy atom. The molecule has 0 saturated carbocycles. The molecule has 17 heavy (non-hydrogen) atoms. The number of halogens is 1. The van der Waals surface area contributed by atoms with E-state index in [0.717, 1.165) is 10.0 Å². The summed E-state index contributed by atoms with van der Waals surface area (Å²) < 4.78 is 27.8. The van der Waals surface area contributed by atoms with Crippen LogP contribution in [0.25, 0.3) is 0 Å². The van der Waals surface area contributed by atoms with Crippen molar-refractivity contribution in [3.8, 4) is 0 Å². The Kier molecular flexibility index (Phi) is 3.56. The highest BCUT2D eigenvalue weighted by molar-refractivity contribution is 9.10. The number of thiophene rings is 1. The molecule has 0 aliphatic carbocycles. The third-order valence-electron chi connectivity index (χ3n) is 2.19. The molecule has 1 heterocycles. The molecule has 2 rings (SSSR count). The van der Waals surface area contributed by atoms with Gasteiger partial charge in [-0.3, -0.25) is 4.72 Å². The maximum Gasteiger partial charge on any atom is 0.271 e. The van der Waals surface area contributed by atoms with E-state index in [1.54, 1.807) is 29.6 Å². The van der Waals surface area contributed by atoms with E-state index in [9.17, 15) is 8.42 Å². The fourth-order valence-electron chi connectivity index (χ4n) is 1.35. The van der Waals surface area contributed by atoms with Crippen LogP contribution < -0.4 is 4.72 Å². The van der Waals surface area contributed by atoms with Gasteiger partial charge < -0.3 is 0 Å². The Labute approximate surface area is 113 Å². The van der Waals surface area contributed by atoms with Crippen LogP contribution in [0.1, 0.15) is 5.56 Å². The van der Waals surface area contributed by atoms with Crippen LogP contribution in [-0.4, -0.2) is 8.42 Å². The van der Waals surface area contributed by atoms with Crippen molar-refractivity contribution >= 4 is 43.0 Å². The number of sulfonamides is 1. The predicted octanol–water partition coefficient (Wildman–Crippen LogP) is 3.62. The summed E-state index contributed by atoms with van der Waals surface area (Å²) in [5.74, 6) is 0. The van der Waals surface area contributed by atoms with Crippen molar-refractivity contribution in [2.45, 2.75) is 11.1 Å². The van der Waals surface area contributed by atoms with Gasteiger partial charge in [-0.1, -0.05) is 22.0 Å². The summed E-state index contributed by atoms with van der Waals surface area (Å²) in [5.41, 5.74) is 1.47. The maximum absolute atomic E-state index is 12.0. The standard InChI is InChI=1S/C11H10BrNO2S2/c1-8-7-9(12)4-5-10(8)13-17(14,15)11-3-2-6-16-11/h2-7,13H,1H3. The number of hydrogen-bond donors (Lipinski definition) is 1. The molecule has 3 nitrogen and oxygen atoms in total. The summed E-state index contributed by atoms with van der Waals surface area (Å²) in [6.07, 6.45) is 0. The Morgan fingerprint density at radius 3 is 2.65 bits per heavy atom. The lowest BCUT2D eigenvalue weighted by Gasteiger charge is -2.09. The summed E-state index contributed by atoms with van der Waals surface area (Å²) in [7, 11) is -3.45. The van der Waals surface area contributed by atoms with Gasteiger partial charge in [0.2, 0.25) is 0 Å². The molecule has 0 saturated heterocycles. The van der Waals surface area contributed by atoms with Crippen LogP contribution in [0.5, 0.6) is 0 Å². The van der Waals surface area contributed by atoms with Crippen molar-refractivity contribution in [3.63, 3.8) is 0 Å². The average Bonchev–Trinajstić information content (AvgIpc) is 2.76. The minimum absolute atomic E-state index is 0.319. The third-order valence-corrected chi connectivity index (χ3v) is 5.45. The molecule has 0 unspecified atom stereocenters.